The molecule has 0 aliphatic carbocycles. The minimum atomic E-state index is 0.153. The van der Waals surface area contributed by atoms with Gasteiger partial charge in [0, 0.05) is 0 Å². The quantitative estimate of drug-likeness (QED) is 0.393. The second kappa shape index (κ2) is 10.8. The van der Waals surface area contributed by atoms with Crippen LogP contribution < -0.4 is 4.46 Å². The number of rotatable bonds is 9. The summed E-state index contributed by atoms with van der Waals surface area (Å²) >= 11 is 0.345. The first-order valence-electron chi connectivity index (χ1n) is 10.2. The molecule has 0 N–H and O–H groups in total. The summed E-state index contributed by atoms with van der Waals surface area (Å²) in [4.78, 5) is 2.47. The number of ether oxygens (including phenoxy) is 1. The van der Waals surface area contributed by atoms with E-state index in [2.05, 4.69) is 111 Å². The maximum absolute atomic E-state index is 5.81. The summed E-state index contributed by atoms with van der Waals surface area (Å²) in [5.74, 6) is 0. The van der Waals surface area contributed by atoms with Crippen molar-refractivity contribution in [3.05, 3.63) is 102 Å². The SMILES string of the molecule is CO[C@@H](C[Se]c1ccccc1[C@H](C)N(C)[C@H](C)c1ccccc1)c1ccccc1. The minimum absolute atomic E-state index is 0.153. The van der Waals surface area contributed by atoms with Crippen LogP contribution in [0.4, 0.5) is 0 Å². The van der Waals surface area contributed by atoms with Crippen LogP contribution >= 0.6 is 0 Å². The molecule has 0 aliphatic rings. The van der Waals surface area contributed by atoms with E-state index in [4.69, 9.17) is 4.74 Å². The van der Waals surface area contributed by atoms with Gasteiger partial charge in [-0.3, -0.25) is 0 Å². The number of hydrogen-bond donors (Lipinski definition) is 0. The van der Waals surface area contributed by atoms with Gasteiger partial charge in [-0.25, -0.2) is 0 Å². The zero-order valence-electron chi connectivity index (χ0n) is 17.8. The predicted molar refractivity (Wildman–Crippen MR) is 124 cm³/mol. The van der Waals surface area contributed by atoms with Crippen molar-refractivity contribution in [2.45, 2.75) is 37.4 Å². The van der Waals surface area contributed by atoms with Crippen molar-refractivity contribution in [3.63, 3.8) is 0 Å². The van der Waals surface area contributed by atoms with Crippen LogP contribution in [0.2, 0.25) is 5.32 Å². The summed E-state index contributed by atoms with van der Waals surface area (Å²) in [7, 11) is 4.05. The van der Waals surface area contributed by atoms with Gasteiger partial charge >= 0.3 is 182 Å². The zero-order chi connectivity index (χ0) is 20.6. The molecule has 3 aromatic carbocycles. The number of hydrogen-bond acceptors (Lipinski definition) is 2. The van der Waals surface area contributed by atoms with Crippen molar-refractivity contribution in [3.8, 4) is 0 Å². The first-order chi connectivity index (χ1) is 14.1. The van der Waals surface area contributed by atoms with Crippen LogP contribution in [0.15, 0.2) is 84.9 Å². The molecular formula is C26H31NOSe. The fourth-order valence-electron chi connectivity index (χ4n) is 3.61. The van der Waals surface area contributed by atoms with E-state index in [1.54, 1.807) is 0 Å². The molecular weight excluding hydrogens is 421 g/mol. The third kappa shape index (κ3) is 5.58. The molecule has 0 saturated carbocycles. The molecule has 0 radical (unpaired) electrons. The van der Waals surface area contributed by atoms with Gasteiger partial charge in [-0.1, -0.05) is 0 Å². The van der Waals surface area contributed by atoms with Crippen molar-refractivity contribution in [2.75, 3.05) is 14.2 Å². The summed E-state index contributed by atoms with van der Waals surface area (Å²) in [5, 5.41) is 1.04. The molecule has 3 heteroatoms. The third-order valence-corrected chi connectivity index (χ3v) is 8.14. The second-order valence-electron chi connectivity index (χ2n) is 7.41. The molecule has 0 amide bonds. The van der Waals surface area contributed by atoms with Crippen molar-refractivity contribution >= 4 is 19.4 Å². The Hall–Kier alpha value is -1.90. The normalized spacial score (nSPS) is 14.5. The average molecular weight is 453 g/mol. The van der Waals surface area contributed by atoms with E-state index in [1.165, 1.54) is 21.2 Å². The van der Waals surface area contributed by atoms with Crippen LogP contribution in [-0.4, -0.2) is 34.0 Å². The summed E-state index contributed by atoms with van der Waals surface area (Å²) in [5.41, 5.74) is 4.05. The average Bonchev–Trinajstić information content (AvgIpc) is 2.79. The van der Waals surface area contributed by atoms with Crippen molar-refractivity contribution in [1.29, 1.82) is 0 Å². The standard InChI is InChI=1S/C26H31NOSe/c1-20(22-13-7-5-8-14-22)27(3)21(2)24-17-11-12-18-26(24)29-19-25(28-4)23-15-9-6-10-16-23/h5-18,20-21,25H,19H2,1-4H3/t20-,21+,25+/m1/s1. The molecule has 0 heterocycles. The summed E-state index contributed by atoms with van der Waals surface area (Å²) in [6.45, 7) is 4.61. The molecule has 3 rings (SSSR count). The first kappa shape index (κ1) is 21.8. The Bertz CT molecular complexity index is 868. The second-order valence-corrected chi connectivity index (χ2v) is 9.64. The van der Waals surface area contributed by atoms with Gasteiger partial charge < -0.3 is 0 Å². The van der Waals surface area contributed by atoms with E-state index < -0.39 is 0 Å². The maximum atomic E-state index is 5.81. The van der Waals surface area contributed by atoms with E-state index in [1.807, 2.05) is 7.11 Å². The van der Waals surface area contributed by atoms with Gasteiger partial charge in [0.15, 0.2) is 0 Å². The van der Waals surface area contributed by atoms with E-state index in [0.717, 1.165) is 5.32 Å². The fourth-order valence-corrected chi connectivity index (χ4v) is 6.21. The van der Waals surface area contributed by atoms with Gasteiger partial charge in [-0.05, 0) is 0 Å². The van der Waals surface area contributed by atoms with Gasteiger partial charge in [-0.15, -0.1) is 0 Å². The molecule has 0 fully saturated rings. The van der Waals surface area contributed by atoms with Crippen LogP contribution in [0.3, 0.4) is 0 Å². The van der Waals surface area contributed by atoms with Gasteiger partial charge in [0.2, 0.25) is 0 Å². The number of nitrogens with zero attached hydrogens (tertiary/aromatic N) is 1. The van der Waals surface area contributed by atoms with Gasteiger partial charge in [0.1, 0.15) is 0 Å². The predicted octanol–water partition coefficient (Wildman–Crippen LogP) is 5.58. The van der Waals surface area contributed by atoms with Crippen molar-refractivity contribution in [2.24, 2.45) is 0 Å². The first-order valence-corrected chi connectivity index (χ1v) is 12.2. The Morgan fingerprint density at radius 3 is 1.93 bits per heavy atom. The summed E-state index contributed by atoms with van der Waals surface area (Å²) in [6, 6.07) is 30.9. The van der Waals surface area contributed by atoms with Crippen molar-refractivity contribution < 1.29 is 4.74 Å². The van der Waals surface area contributed by atoms with Gasteiger partial charge in [-0.2, -0.15) is 0 Å². The molecule has 0 saturated heterocycles. The Kier molecular flexibility index (Phi) is 8.08. The number of methoxy groups -OCH3 is 1. The molecule has 0 aromatic heterocycles. The monoisotopic (exact) mass is 453 g/mol. The number of benzene rings is 3. The summed E-state index contributed by atoms with van der Waals surface area (Å²) < 4.78 is 7.28. The van der Waals surface area contributed by atoms with Crippen LogP contribution in [0.5, 0.6) is 0 Å². The van der Waals surface area contributed by atoms with Gasteiger partial charge in [0.05, 0.1) is 0 Å². The molecule has 0 aliphatic heterocycles. The Morgan fingerprint density at radius 1 is 0.759 bits per heavy atom. The molecule has 152 valence electrons. The van der Waals surface area contributed by atoms with E-state index in [-0.39, 0.29) is 6.10 Å². The molecule has 3 atom stereocenters. The van der Waals surface area contributed by atoms with E-state index in [0.29, 0.717) is 27.0 Å². The van der Waals surface area contributed by atoms with Crippen LogP contribution in [0.25, 0.3) is 0 Å². The molecule has 0 bridgehead atoms. The fraction of sp³-hybridized carbons (Fsp3) is 0.308. The Labute approximate surface area is 182 Å². The van der Waals surface area contributed by atoms with E-state index in [9.17, 15) is 0 Å². The molecule has 0 spiro atoms. The molecule has 2 nitrogen and oxygen atoms in total. The Morgan fingerprint density at radius 2 is 1.31 bits per heavy atom. The zero-order valence-corrected chi connectivity index (χ0v) is 19.5. The van der Waals surface area contributed by atoms with Crippen LogP contribution in [0.1, 0.15) is 48.7 Å². The Balaban J connectivity index is 1.74. The third-order valence-electron chi connectivity index (χ3n) is 5.72. The molecule has 29 heavy (non-hydrogen) atoms. The molecule has 3 aromatic rings. The van der Waals surface area contributed by atoms with E-state index >= 15 is 0 Å². The topological polar surface area (TPSA) is 12.5 Å². The van der Waals surface area contributed by atoms with Crippen LogP contribution in [0, 0.1) is 0 Å². The van der Waals surface area contributed by atoms with Crippen LogP contribution in [-0.2, 0) is 4.74 Å². The molecule has 0 unspecified atom stereocenters. The van der Waals surface area contributed by atoms with Crippen molar-refractivity contribution in [1.82, 2.24) is 4.90 Å². The van der Waals surface area contributed by atoms with Gasteiger partial charge in [0.25, 0.3) is 0 Å². The summed E-state index contributed by atoms with van der Waals surface area (Å²) in [6.07, 6.45) is 0.153.